The van der Waals surface area contributed by atoms with Crippen molar-refractivity contribution in [3.8, 4) is 0 Å². The molecule has 0 saturated carbocycles. The summed E-state index contributed by atoms with van der Waals surface area (Å²) in [7, 11) is -2.72. The second kappa shape index (κ2) is 11.0. The number of halogens is 1. The maximum atomic E-state index is 13.7. The van der Waals surface area contributed by atoms with Crippen molar-refractivity contribution in [3.05, 3.63) is 96.3 Å². The normalized spacial score (nSPS) is 15.5. The molecule has 7 heteroatoms. The topological polar surface area (TPSA) is 41.6 Å². The highest BCUT2D eigenvalue weighted by Crippen LogP contribution is 2.37. The molecule has 1 atom stereocenters. The first-order valence-corrected chi connectivity index (χ1v) is 14.7. The van der Waals surface area contributed by atoms with Gasteiger partial charge in [0.1, 0.15) is 5.82 Å². The summed E-state index contributed by atoms with van der Waals surface area (Å²) in [6.07, 6.45) is 0.900. The van der Waals surface area contributed by atoms with Crippen molar-refractivity contribution in [2.75, 3.05) is 13.2 Å². The van der Waals surface area contributed by atoms with Crippen LogP contribution in [0, 0.1) is 5.82 Å². The number of carbonyl (C=O) groups is 1. The lowest BCUT2D eigenvalue weighted by atomic mass is 10.0. The molecular formula is C29H33FN2O2SSi. The summed E-state index contributed by atoms with van der Waals surface area (Å²) in [6, 6.07) is 26.9. The van der Waals surface area contributed by atoms with Crippen LogP contribution in [0.15, 0.2) is 84.9 Å². The van der Waals surface area contributed by atoms with E-state index < -0.39 is 8.32 Å². The Balaban J connectivity index is 1.70. The van der Waals surface area contributed by atoms with Gasteiger partial charge in [-0.05, 0) is 51.7 Å². The highest BCUT2D eigenvalue weighted by Gasteiger charge is 2.50. The van der Waals surface area contributed by atoms with E-state index in [4.69, 9.17) is 16.6 Å². The zero-order valence-electron chi connectivity index (χ0n) is 21.0. The maximum Gasteiger partial charge on any atom is 0.261 e. The Kier molecular flexibility index (Phi) is 8.03. The molecule has 0 aromatic heterocycles. The van der Waals surface area contributed by atoms with Crippen LogP contribution < -0.4 is 15.7 Å². The third-order valence-electron chi connectivity index (χ3n) is 6.80. The Hall–Kier alpha value is -2.87. The minimum absolute atomic E-state index is 0.0291. The Labute approximate surface area is 219 Å². The molecule has 1 aliphatic rings. The highest BCUT2D eigenvalue weighted by atomic mass is 32.1. The first-order chi connectivity index (χ1) is 17.2. The number of amides is 1. The first kappa shape index (κ1) is 26.2. The van der Waals surface area contributed by atoms with Gasteiger partial charge in [0.15, 0.2) is 5.11 Å². The number of thiocarbonyl (C=S) groups is 1. The third-order valence-corrected chi connectivity index (χ3v) is 12.2. The van der Waals surface area contributed by atoms with E-state index >= 15 is 0 Å². The van der Waals surface area contributed by atoms with Gasteiger partial charge in [0, 0.05) is 19.6 Å². The van der Waals surface area contributed by atoms with Crippen molar-refractivity contribution >= 4 is 41.9 Å². The van der Waals surface area contributed by atoms with Gasteiger partial charge < -0.3 is 9.74 Å². The van der Waals surface area contributed by atoms with Crippen LogP contribution in [-0.2, 0) is 9.22 Å². The van der Waals surface area contributed by atoms with Gasteiger partial charge in [-0.2, -0.15) is 0 Å². The number of hydrogen-bond donors (Lipinski definition) is 1. The molecule has 3 aromatic carbocycles. The molecule has 1 saturated heterocycles. The summed E-state index contributed by atoms with van der Waals surface area (Å²) < 4.78 is 20.8. The molecule has 4 rings (SSSR count). The van der Waals surface area contributed by atoms with Crippen LogP contribution in [0.4, 0.5) is 4.39 Å². The largest absolute Gasteiger partial charge is 0.407 e. The summed E-state index contributed by atoms with van der Waals surface area (Å²) in [5.74, 6) is -0.342. The van der Waals surface area contributed by atoms with E-state index in [9.17, 15) is 9.18 Å². The molecule has 1 heterocycles. The van der Waals surface area contributed by atoms with Crippen LogP contribution in [-0.4, -0.2) is 37.4 Å². The Morgan fingerprint density at radius 3 is 2.03 bits per heavy atom. The minimum atomic E-state index is -2.72. The van der Waals surface area contributed by atoms with Gasteiger partial charge in [-0.15, -0.1) is 0 Å². The molecule has 0 spiro atoms. The molecular weight excluding hydrogens is 487 g/mol. The predicted molar refractivity (Wildman–Crippen MR) is 149 cm³/mol. The van der Waals surface area contributed by atoms with Crippen molar-refractivity contribution in [1.82, 2.24) is 10.2 Å². The molecule has 0 radical (unpaired) electrons. The fraction of sp³-hybridized carbons (Fsp3) is 0.310. The monoisotopic (exact) mass is 520 g/mol. The second-order valence-electron chi connectivity index (χ2n) is 10.1. The number of carbonyl (C=O) groups excluding carboxylic acids is 1. The van der Waals surface area contributed by atoms with Crippen LogP contribution in [0.5, 0.6) is 0 Å². The average molecular weight is 521 g/mol. The molecule has 1 aliphatic heterocycles. The standard InChI is InChI=1S/C29H33FN2O2SSi/c1-29(2,3)36(24-10-6-4-7-11-24,25-12-8-5-9-13-25)34-21-19-26(22-14-16-23(30)17-15-22)32-27(33)18-20-31-28(32)35/h4-17,26H,18-21H2,1-3H3,(H,31,35)/t26-/m1/s1. The number of rotatable bonds is 8. The zero-order valence-corrected chi connectivity index (χ0v) is 22.9. The van der Waals surface area contributed by atoms with E-state index in [-0.39, 0.29) is 22.8 Å². The van der Waals surface area contributed by atoms with Gasteiger partial charge in [0.25, 0.3) is 8.32 Å². The molecule has 188 valence electrons. The van der Waals surface area contributed by atoms with Gasteiger partial charge in [-0.25, -0.2) is 4.39 Å². The summed E-state index contributed by atoms with van der Waals surface area (Å²) in [6.45, 7) is 7.67. The lowest BCUT2D eigenvalue weighted by Gasteiger charge is -2.43. The quantitative estimate of drug-likeness (QED) is 0.338. The van der Waals surface area contributed by atoms with Crippen LogP contribution in [0.25, 0.3) is 0 Å². The van der Waals surface area contributed by atoms with Crippen molar-refractivity contribution in [2.24, 2.45) is 0 Å². The van der Waals surface area contributed by atoms with Crippen molar-refractivity contribution < 1.29 is 13.6 Å². The van der Waals surface area contributed by atoms with Crippen molar-refractivity contribution in [3.63, 3.8) is 0 Å². The van der Waals surface area contributed by atoms with Crippen molar-refractivity contribution in [2.45, 2.75) is 44.7 Å². The average Bonchev–Trinajstić information content (AvgIpc) is 2.86. The fourth-order valence-electron chi connectivity index (χ4n) is 5.13. The van der Waals surface area contributed by atoms with Crippen molar-refractivity contribution in [1.29, 1.82) is 0 Å². The summed E-state index contributed by atoms with van der Waals surface area (Å²) >= 11 is 5.53. The SMILES string of the molecule is CC(C)(C)[Si](OCC[C@H](c1ccc(F)cc1)N1C(=O)CCNC1=S)(c1ccccc1)c1ccccc1. The van der Waals surface area contributed by atoms with Crippen LogP contribution in [0.2, 0.25) is 5.04 Å². The molecule has 36 heavy (non-hydrogen) atoms. The molecule has 0 bridgehead atoms. The van der Waals surface area contributed by atoms with E-state index in [1.807, 2.05) is 12.1 Å². The number of nitrogens with one attached hydrogen (secondary N) is 1. The van der Waals surface area contributed by atoms with Gasteiger partial charge in [-0.3, -0.25) is 9.69 Å². The molecule has 1 fully saturated rings. The third kappa shape index (κ3) is 5.28. The predicted octanol–water partition coefficient (Wildman–Crippen LogP) is 4.94. The van der Waals surface area contributed by atoms with Gasteiger partial charge in [0.05, 0.1) is 6.04 Å². The second-order valence-corrected chi connectivity index (χ2v) is 14.8. The number of hydrogen-bond acceptors (Lipinski definition) is 3. The number of benzene rings is 3. The van der Waals surface area contributed by atoms with E-state index in [1.165, 1.54) is 22.5 Å². The molecule has 1 N–H and O–H groups in total. The number of nitrogens with zero attached hydrogens (tertiary/aromatic N) is 1. The Bertz CT molecular complexity index is 1130. The van der Waals surface area contributed by atoms with Crippen LogP contribution >= 0.6 is 12.2 Å². The highest BCUT2D eigenvalue weighted by molar-refractivity contribution is 7.80. The van der Waals surface area contributed by atoms with E-state index in [1.54, 1.807) is 17.0 Å². The van der Waals surface area contributed by atoms with E-state index in [2.05, 4.69) is 74.6 Å². The van der Waals surface area contributed by atoms with Gasteiger partial charge in [-0.1, -0.05) is 93.6 Å². The molecule has 4 nitrogen and oxygen atoms in total. The molecule has 0 unspecified atom stereocenters. The Morgan fingerprint density at radius 1 is 0.972 bits per heavy atom. The lowest BCUT2D eigenvalue weighted by Crippen LogP contribution is -2.66. The van der Waals surface area contributed by atoms with Crippen LogP contribution in [0.3, 0.4) is 0 Å². The zero-order chi connectivity index (χ0) is 25.8. The summed E-state index contributed by atoms with van der Waals surface area (Å²) in [5.41, 5.74) is 0.835. The Morgan fingerprint density at radius 2 is 1.53 bits per heavy atom. The molecule has 1 amide bonds. The van der Waals surface area contributed by atoms with Crippen LogP contribution in [0.1, 0.15) is 45.2 Å². The fourth-order valence-corrected chi connectivity index (χ4v) is 10.0. The molecule has 0 aliphatic carbocycles. The first-order valence-electron chi connectivity index (χ1n) is 12.3. The van der Waals surface area contributed by atoms with Gasteiger partial charge >= 0.3 is 0 Å². The minimum Gasteiger partial charge on any atom is -0.407 e. The van der Waals surface area contributed by atoms with E-state index in [0.717, 1.165) is 5.56 Å². The molecule has 3 aromatic rings. The van der Waals surface area contributed by atoms with Gasteiger partial charge in [0.2, 0.25) is 5.91 Å². The summed E-state index contributed by atoms with van der Waals surface area (Å²) in [4.78, 5) is 14.6. The maximum absolute atomic E-state index is 13.7. The smallest absolute Gasteiger partial charge is 0.261 e. The summed E-state index contributed by atoms with van der Waals surface area (Å²) in [5, 5.41) is 5.80. The lowest BCUT2D eigenvalue weighted by molar-refractivity contribution is -0.130. The van der Waals surface area contributed by atoms with E-state index in [0.29, 0.717) is 31.1 Å².